The fourth-order valence-electron chi connectivity index (χ4n) is 1.51. The molecule has 1 heterocycles. The van der Waals surface area contributed by atoms with E-state index in [0.717, 1.165) is 0 Å². The zero-order valence-electron chi connectivity index (χ0n) is 11.3. The van der Waals surface area contributed by atoms with Gasteiger partial charge in [0.2, 0.25) is 34.8 Å². The fourth-order valence-corrected chi connectivity index (χ4v) is 2.30. The van der Waals surface area contributed by atoms with Gasteiger partial charge in [-0.3, -0.25) is 4.79 Å². The van der Waals surface area contributed by atoms with Crippen molar-refractivity contribution in [1.82, 2.24) is 4.98 Å². The second kappa shape index (κ2) is 7.40. The lowest BCUT2D eigenvalue weighted by Gasteiger charge is -2.08. The highest BCUT2D eigenvalue weighted by molar-refractivity contribution is 7.99. The van der Waals surface area contributed by atoms with Gasteiger partial charge in [0.15, 0.2) is 0 Å². The number of ether oxygens (including phenoxy) is 1. The Bertz CT molecular complexity index is 698. The summed E-state index contributed by atoms with van der Waals surface area (Å²) in [4.78, 5) is 15.5. The first-order valence-electron chi connectivity index (χ1n) is 6.17. The molecule has 122 valence electrons. The Morgan fingerprint density at radius 1 is 1.00 bits per heavy atom. The predicted octanol–water partition coefficient (Wildman–Crippen LogP) is 3.86. The highest BCUT2D eigenvalue weighted by atomic mass is 32.2. The number of esters is 1. The Hall–Kier alpha value is -2.16. The molecule has 1 aromatic carbocycles. The number of hydrogen-bond acceptors (Lipinski definition) is 4. The predicted molar refractivity (Wildman–Crippen MR) is 71.4 cm³/mol. The molecule has 1 aromatic heterocycles. The molecule has 3 nitrogen and oxygen atoms in total. The van der Waals surface area contributed by atoms with E-state index < -0.39 is 40.8 Å². The molecule has 0 amide bonds. The second-order valence-corrected chi connectivity index (χ2v) is 5.25. The SMILES string of the molecule is O=C(CCSc1ccccn1)Oc1c(F)c(F)c(F)c(F)c1F. The number of benzene rings is 1. The summed E-state index contributed by atoms with van der Waals surface area (Å²) in [6, 6.07) is 5.10. The minimum Gasteiger partial charge on any atom is -0.420 e. The molecule has 9 heteroatoms. The number of carbonyl (C=O) groups is 1. The van der Waals surface area contributed by atoms with Crippen molar-refractivity contribution in [2.75, 3.05) is 5.75 Å². The summed E-state index contributed by atoms with van der Waals surface area (Å²) in [6.45, 7) is 0. The van der Waals surface area contributed by atoms with E-state index in [0.29, 0.717) is 5.03 Å². The monoisotopic (exact) mass is 349 g/mol. The van der Waals surface area contributed by atoms with Crippen LogP contribution >= 0.6 is 11.8 Å². The molecule has 0 fully saturated rings. The minimum atomic E-state index is -2.31. The largest absolute Gasteiger partial charge is 0.420 e. The highest BCUT2D eigenvalue weighted by Gasteiger charge is 2.28. The molecule has 0 aliphatic rings. The summed E-state index contributed by atoms with van der Waals surface area (Å²) in [6.07, 6.45) is 1.23. The van der Waals surface area contributed by atoms with Crippen LogP contribution in [0.15, 0.2) is 29.4 Å². The summed E-state index contributed by atoms with van der Waals surface area (Å²) in [5.74, 6) is -13.6. The Kier molecular flexibility index (Phi) is 5.54. The summed E-state index contributed by atoms with van der Waals surface area (Å²) in [7, 11) is 0. The van der Waals surface area contributed by atoms with Gasteiger partial charge in [-0.1, -0.05) is 6.07 Å². The normalized spacial score (nSPS) is 10.7. The molecule has 0 saturated carbocycles. The van der Waals surface area contributed by atoms with Crippen LogP contribution in [0.2, 0.25) is 0 Å². The van der Waals surface area contributed by atoms with Crippen molar-refractivity contribution in [3.63, 3.8) is 0 Å². The number of pyridine rings is 1. The molecule has 0 atom stereocenters. The van der Waals surface area contributed by atoms with E-state index in [1.54, 1.807) is 18.2 Å². The van der Waals surface area contributed by atoms with Crippen LogP contribution in [0.5, 0.6) is 5.75 Å². The molecule has 0 N–H and O–H groups in total. The van der Waals surface area contributed by atoms with Gasteiger partial charge in [-0.05, 0) is 12.1 Å². The molecule has 0 radical (unpaired) electrons. The number of carbonyl (C=O) groups excluding carboxylic acids is 1. The molecule has 23 heavy (non-hydrogen) atoms. The Morgan fingerprint density at radius 3 is 2.17 bits per heavy atom. The molecule has 0 spiro atoms. The van der Waals surface area contributed by atoms with Gasteiger partial charge in [0.25, 0.3) is 0 Å². The van der Waals surface area contributed by atoms with Crippen molar-refractivity contribution in [2.45, 2.75) is 11.4 Å². The van der Waals surface area contributed by atoms with Crippen LogP contribution in [0.1, 0.15) is 6.42 Å². The molecule has 2 rings (SSSR count). The zero-order valence-corrected chi connectivity index (χ0v) is 12.1. The minimum absolute atomic E-state index is 0.158. The van der Waals surface area contributed by atoms with Crippen molar-refractivity contribution in [3.8, 4) is 5.75 Å². The van der Waals surface area contributed by atoms with E-state index in [4.69, 9.17) is 0 Å². The third-order valence-corrected chi connectivity index (χ3v) is 3.52. The maximum atomic E-state index is 13.3. The molecule has 0 aliphatic heterocycles. The van der Waals surface area contributed by atoms with Gasteiger partial charge >= 0.3 is 5.97 Å². The third kappa shape index (κ3) is 3.98. The van der Waals surface area contributed by atoms with Gasteiger partial charge in [0, 0.05) is 11.9 Å². The molecule has 0 bridgehead atoms. The van der Waals surface area contributed by atoms with Crippen LogP contribution in [0.3, 0.4) is 0 Å². The molecule has 0 saturated heterocycles. The Morgan fingerprint density at radius 2 is 1.61 bits per heavy atom. The topological polar surface area (TPSA) is 39.2 Å². The van der Waals surface area contributed by atoms with Crippen LogP contribution in [-0.4, -0.2) is 16.7 Å². The highest BCUT2D eigenvalue weighted by Crippen LogP contribution is 2.29. The van der Waals surface area contributed by atoms with Gasteiger partial charge in [0.05, 0.1) is 11.4 Å². The van der Waals surface area contributed by atoms with Crippen LogP contribution in [0.25, 0.3) is 0 Å². The van der Waals surface area contributed by atoms with Gasteiger partial charge in [0.1, 0.15) is 0 Å². The second-order valence-electron chi connectivity index (χ2n) is 4.14. The van der Waals surface area contributed by atoms with Gasteiger partial charge < -0.3 is 4.74 Å². The van der Waals surface area contributed by atoms with Crippen molar-refractivity contribution in [2.24, 2.45) is 0 Å². The van der Waals surface area contributed by atoms with Crippen LogP contribution < -0.4 is 4.74 Å². The number of halogens is 5. The number of nitrogens with zero attached hydrogens (tertiary/aromatic N) is 1. The lowest BCUT2D eigenvalue weighted by atomic mass is 10.2. The number of aromatic nitrogens is 1. The number of thioether (sulfide) groups is 1. The summed E-state index contributed by atoms with van der Waals surface area (Å²) in [5, 5.41) is 0.608. The average Bonchev–Trinajstić information content (AvgIpc) is 2.56. The average molecular weight is 349 g/mol. The standard InChI is InChI=1S/C14H8F5NO2S/c15-9-10(16)12(18)14(13(19)11(9)17)22-8(21)4-6-23-7-3-1-2-5-20-7/h1-3,5H,4,6H2. The Labute approximate surface area is 131 Å². The zero-order chi connectivity index (χ0) is 17.0. The molecular weight excluding hydrogens is 341 g/mol. The lowest BCUT2D eigenvalue weighted by molar-refractivity contribution is -0.134. The van der Waals surface area contributed by atoms with E-state index >= 15 is 0 Å². The fraction of sp³-hybridized carbons (Fsp3) is 0.143. The molecule has 2 aromatic rings. The molecule has 0 unspecified atom stereocenters. The van der Waals surface area contributed by atoms with E-state index in [2.05, 4.69) is 9.72 Å². The van der Waals surface area contributed by atoms with E-state index in [9.17, 15) is 26.7 Å². The molecule has 0 aliphatic carbocycles. The van der Waals surface area contributed by atoms with E-state index in [-0.39, 0.29) is 12.2 Å². The number of rotatable bonds is 5. The summed E-state index contributed by atoms with van der Waals surface area (Å²) >= 11 is 1.17. The first-order chi connectivity index (χ1) is 10.9. The van der Waals surface area contributed by atoms with Gasteiger partial charge in [-0.25, -0.2) is 18.2 Å². The van der Waals surface area contributed by atoms with E-state index in [1.165, 1.54) is 18.0 Å². The quantitative estimate of drug-likeness (QED) is 0.205. The van der Waals surface area contributed by atoms with Crippen molar-refractivity contribution in [1.29, 1.82) is 0 Å². The van der Waals surface area contributed by atoms with Crippen molar-refractivity contribution in [3.05, 3.63) is 53.5 Å². The van der Waals surface area contributed by atoms with Gasteiger partial charge in [-0.15, -0.1) is 11.8 Å². The van der Waals surface area contributed by atoms with E-state index in [1.807, 2.05) is 0 Å². The first-order valence-corrected chi connectivity index (χ1v) is 7.16. The van der Waals surface area contributed by atoms with Crippen LogP contribution in [-0.2, 0) is 4.79 Å². The lowest BCUT2D eigenvalue weighted by Crippen LogP contribution is -2.14. The van der Waals surface area contributed by atoms with Crippen LogP contribution in [0.4, 0.5) is 22.0 Å². The van der Waals surface area contributed by atoms with Crippen molar-refractivity contribution < 1.29 is 31.5 Å². The first kappa shape index (κ1) is 17.2. The maximum Gasteiger partial charge on any atom is 0.312 e. The number of hydrogen-bond donors (Lipinski definition) is 0. The third-order valence-electron chi connectivity index (χ3n) is 2.58. The molecular formula is C14H8F5NO2S. The summed E-state index contributed by atoms with van der Waals surface area (Å²) in [5.41, 5.74) is 0. The van der Waals surface area contributed by atoms with Gasteiger partial charge in [-0.2, -0.15) is 8.78 Å². The Balaban J connectivity index is 2.01. The maximum absolute atomic E-state index is 13.3. The van der Waals surface area contributed by atoms with Crippen LogP contribution in [0, 0.1) is 29.1 Å². The smallest absolute Gasteiger partial charge is 0.312 e. The summed E-state index contributed by atoms with van der Waals surface area (Å²) < 4.78 is 69.7. The van der Waals surface area contributed by atoms with Crippen molar-refractivity contribution >= 4 is 17.7 Å².